The van der Waals surface area contributed by atoms with Crippen molar-refractivity contribution in [1.82, 2.24) is 35.6 Å². The van der Waals surface area contributed by atoms with Crippen LogP contribution in [0.5, 0.6) is 11.6 Å². The zero-order valence-corrected chi connectivity index (χ0v) is 15.1. The highest BCUT2D eigenvalue weighted by Gasteiger charge is 2.16. The first-order chi connectivity index (χ1) is 14.1. The van der Waals surface area contributed by atoms with Gasteiger partial charge < -0.3 is 15.6 Å². The van der Waals surface area contributed by atoms with Crippen molar-refractivity contribution in [3.8, 4) is 28.6 Å². The van der Waals surface area contributed by atoms with E-state index in [1.165, 1.54) is 21.9 Å². The Kier molecular flexibility index (Phi) is 5.18. The number of aliphatic hydroxyl groups excluding tert-OH is 1. The van der Waals surface area contributed by atoms with Gasteiger partial charge in [0.25, 0.3) is 5.88 Å². The number of nitrogens with two attached hydrogens (primary N) is 1. The Hall–Kier alpha value is -3.77. The van der Waals surface area contributed by atoms with Gasteiger partial charge >= 0.3 is 0 Å². The minimum atomic E-state index is -0.597. The number of benzene rings is 1. The quantitative estimate of drug-likeness (QED) is 0.369. The number of nitrogens with zero attached hydrogens (tertiary/aromatic N) is 7. The number of rotatable bonds is 7. The SMILES string of the molecule is N[C@H](CO)C[n+]1nnn(-c2ccc(Oc3ncc(-c4ccn[nH]4)cc3F)cc2)n1. The molecular weight excluding hydrogens is 381 g/mol. The van der Waals surface area contributed by atoms with E-state index in [0.29, 0.717) is 22.7 Å². The number of H-pyrrole nitrogens is 1. The van der Waals surface area contributed by atoms with Gasteiger partial charge in [0, 0.05) is 22.8 Å². The van der Waals surface area contributed by atoms with Crippen molar-refractivity contribution in [1.29, 1.82) is 0 Å². The molecule has 148 valence electrons. The van der Waals surface area contributed by atoms with E-state index in [2.05, 4.69) is 30.8 Å². The van der Waals surface area contributed by atoms with E-state index < -0.39 is 11.9 Å². The van der Waals surface area contributed by atoms with E-state index in [1.54, 1.807) is 36.5 Å². The van der Waals surface area contributed by atoms with Crippen LogP contribution in [0.25, 0.3) is 16.9 Å². The molecule has 0 saturated heterocycles. The third-order valence-electron chi connectivity index (χ3n) is 3.95. The molecule has 11 nitrogen and oxygen atoms in total. The summed E-state index contributed by atoms with van der Waals surface area (Å²) in [5.41, 5.74) is 7.49. The van der Waals surface area contributed by atoms with E-state index >= 15 is 0 Å². The molecule has 4 N–H and O–H groups in total. The second kappa shape index (κ2) is 8.08. The molecule has 3 heterocycles. The molecule has 0 unspecified atom stereocenters. The van der Waals surface area contributed by atoms with Crippen LogP contribution in [0.15, 0.2) is 48.8 Å². The average Bonchev–Trinajstić information content (AvgIpc) is 3.42. The molecule has 0 saturated carbocycles. The minimum absolute atomic E-state index is 0.143. The third-order valence-corrected chi connectivity index (χ3v) is 3.95. The van der Waals surface area contributed by atoms with Gasteiger partial charge in [-0.05, 0) is 41.2 Å². The van der Waals surface area contributed by atoms with Crippen LogP contribution < -0.4 is 15.3 Å². The van der Waals surface area contributed by atoms with Gasteiger partial charge in [-0.3, -0.25) is 5.10 Å². The molecule has 0 amide bonds. The Morgan fingerprint density at radius 2 is 2.10 bits per heavy atom. The van der Waals surface area contributed by atoms with Crippen LogP contribution in [-0.4, -0.2) is 53.4 Å². The van der Waals surface area contributed by atoms with Crippen LogP contribution in [0.4, 0.5) is 4.39 Å². The molecular formula is C17H17FN9O2+. The number of halogens is 1. The lowest BCUT2D eigenvalue weighted by molar-refractivity contribution is -0.809. The third kappa shape index (κ3) is 4.23. The summed E-state index contributed by atoms with van der Waals surface area (Å²) >= 11 is 0. The van der Waals surface area contributed by atoms with Crippen LogP contribution in [-0.2, 0) is 6.54 Å². The van der Waals surface area contributed by atoms with Crippen LogP contribution in [0, 0.1) is 5.82 Å². The lowest BCUT2D eigenvalue weighted by Crippen LogP contribution is -2.49. The van der Waals surface area contributed by atoms with Crippen LogP contribution in [0.1, 0.15) is 0 Å². The van der Waals surface area contributed by atoms with Crippen molar-refractivity contribution in [3.63, 3.8) is 0 Å². The van der Waals surface area contributed by atoms with Crippen molar-refractivity contribution in [3.05, 3.63) is 54.6 Å². The summed E-state index contributed by atoms with van der Waals surface area (Å²) in [5, 5.41) is 27.4. The molecule has 0 fully saturated rings. The Morgan fingerprint density at radius 1 is 1.28 bits per heavy atom. The first kappa shape index (κ1) is 18.6. The number of nitrogens with one attached hydrogen (secondary N) is 1. The predicted octanol–water partition coefficient (Wildman–Crippen LogP) is -0.0141. The number of aliphatic hydroxyl groups is 1. The Morgan fingerprint density at radius 3 is 2.79 bits per heavy atom. The van der Waals surface area contributed by atoms with E-state index in [-0.39, 0.29) is 19.0 Å². The number of aromatic amines is 1. The summed E-state index contributed by atoms with van der Waals surface area (Å²) in [4.78, 5) is 6.61. The molecule has 0 radical (unpaired) electrons. The van der Waals surface area contributed by atoms with Crippen molar-refractivity contribution in [2.24, 2.45) is 5.73 Å². The summed E-state index contributed by atoms with van der Waals surface area (Å²) in [5.74, 6) is -0.346. The molecule has 0 aliphatic heterocycles. The van der Waals surface area contributed by atoms with Gasteiger partial charge in [-0.15, -0.1) is 0 Å². The maximum absolute atomic E-state index is 14.3. The monoisotopic (exact) mass is 398 g/mol. The first-order valence-corrected chi connectivity index (χ1v) is 8.63. The molecule has 4 rings (SSSR count). The smallest absolute Gasteiger partial charge is 0.255 e. The highest BCUT2D eigenvalue weighted by atomic mass is 19.1. The molecule has 1 atom stereocenters. The van der Waals surface area contributed by atoms with Gasteiger partial charge in [0.05, 0.1) is 23.6 Å². The fraction of sp³-hybridized carbons (Fsp3) is 0.176. The molecule has 1 aromatic carbocycles. The van der Waals surface area contributed by atoms with Crippen LogP contribution >= 0.6 is 0 Å². The number of aromatic nitrogens is 8. The fourth-order valence-electron chi connectivity index (χ4n) is 2.48. The highest BCUT2D eigenvalue weighted by molar-refractivity contribution is 5.57. The molecule has 12 heteroatoms. The molecule has 0 bridgehead atoms. The number of hydrogen-bond donors (Lipinski definition) is 3. The largest absolute Gasteiger partial charge is 0.436 e. The van der Waals surface area contributed by atoms with Gasteiger partial charge in [-0.2, -0.15) is 5.10 Å². The predicted molar refractivity (Wildman–Crippen MR) is 96.3 cm³/mol. The summed E-state index contributed by atoms with van der Waals surface area (Å²) in [6.45, 7) is 0.0538. The number of pyridine rings is 1. The zero-order valence-electron chi connectivity index (χ0n) is 15.1. The lowest BCUT2D eigenvalue weighted by Gasteiger charge is -2.06. The van der Waals surface area contributed by atoms with Crippen molar-refractivity contribution in [2.75, 3.05) is 6.61 Å². The van der Waals surface area contributed by atoms with Crippen LogP contribution in [0.3, 0.4) is 0 Å². The standard InChI is InChI=1S/C17H17FN9O2/c18-15-7-11(16-5-6-21-22-16)8-20-17(15)29-14-3-1-13(2-4-14)27-24-23-26(25-27)9-12(19)10-28/h1-8,12,28H,9-10,19H2,(H,21,22)/q+1/t12-/m0/s1. The zero-order chi connectivity index (χ0) is 20.2. The number of hydrogen-bond acceptors (Lipinski definition) is 8. The molecule has 3 aromatic heterocycles. The van der Waals surface area contributed by atoms with E-state index in [4.69, 9.17) is 15.6 Å². The van der Waals surface area contributed by atoms with Gasteiger partial charge in [0.1, 0.15) is 17.5 Å². The number of ether oxygens (including phenoxy) is 1. The van der Waals surface area contributed by atoms with Gasteiger partial charge in [0.15, 0.2) is 16.7 Å². The lowest BCUT2D eigenvalue weighted by atomic mass is 10.2. The average molecular weight is 398 g/mol. The summed E-state index contributed by atoms with van der Waals surface area (Å²) < 4.78 is 19.8. The van der Waals surface area contributed by atoms with Gasteiger partial charge in [-0.25, -0.2) is 9.37 Å². The Bertz CT molecular complexity index is 1080. The fourth-order valence-corrected chi connectivity index (χ4v) is 2.48. The summed E-state index contributed by atoms with van der Waals surface area (Å²) in [6, 6.07) is 9.19. The summed E-state index contributed by atoms with van der Waals surface area (Å²) in [7, 11) is 0. The maximum Gasteiger partial charge on any atom is 0.255 e. The molecule has 0 aliphatic carbocycles. The molecule has 29 heavy (non-hydrogen) atoms. The van der Waals surface area contributed by atoms with Crippen molar-refractivity contribution in [2.45, 2.75) is 12.6 Å². The minimum Gasteiger partial charge on any atom is -0.436 e. The van der Waals surface area contributed by atoms with E-state index in [0.717, 1.165) is 0 Å². The van der Waals surface area contributed by atoms with E-state index in [1.807, 2.05) is 0 Å². The van der Waals surface area contributed by atoms with Crippen molar-refractivity contribution >= 4 is 0 Å². The second-order valence-electron chi connectivity index (χ2n) is 6.13. The highest BCUT2D eigenvalue weighted by Crippen LogP contribution is 2.26. The van der Waals surface area contributed by atoms with Gasteiger partial charge in [0.2, 0.25) is 0 Å². The normalized spacial score (nSPS) is 12.1. The second-order valence-corrected chi connectivity index (χ2v) is 6.13. The molecule has 0 aliphatic rings. The van der Waals surface area contributed by atoms with Crippen LogP contribution in [0.2, 0.25) is 0 Å². The Labute approximate surface area is 163 Å². The molecule has 0 spiro atoms. The topological polar surface area (TPSA) is 145 Å². The van der Waals surface area contributed by atoms with Gasteiger partial charge in [-0.1, -0.05) is 0 Å². The molecule has 4 aromatic rings. The van der Waals surface area contributed by atoms with E-state index in [9.17, 15) is 4.39 Å². The maximum atomic E-state index is 14.3. The Balaban J connectivity index is 1.46. The van der Waals surface area contributed by atoms with Crippen molar-refractivity contribution < 1.29 is 19.0 Å². The summed E-state index contributed by atoms with van der Waals surface area (Å²) in [6.07, 6.45) is 3.07. The first-order valence-electron chi connectivity index (χ1n) is 8.63.